The lowest BCUT2D eigenvalue weighted by Crippen LogP contribution is -2.76. The Hall–Kier alpha value is -9.27. The summed E-state index contributed by atoms with van der Waals surface area (Å²) in [6, 6.07) is 36.6. The number of ketones is 3. The Balaban J connectivity index is 0.000000257. The summed E-state index contributed by atoms with van der Waals surface area (Å²) in [5.74, 6) is 2.71. The molecular formula is C84H119N13O6S+4. The molecule has 0 bridgehead atoms. The highest BCUT2D eigenvalue weighted by Gasteiger charge is 2.36. The summed E-state index contributed by atoms with van der Waals surface area (Å²) in [5.41, 5.74) is 7.63. The maximum absolute atomic E-state index is 13.2. The predicted octanol–water partition coefficient (Wildman–Crippen LogP) is 13.4. The molecule has 0 fully saturated rings. The van der Waals surface area contributed by atoms with E-state index in [1.54, 1.807) is 59.9 Å². The molecule has 0 radical (unpaired) electrons. The van der Waals surface area contributed by atoms with Crippen LogP contribution in [0.1, 0.15) is 232 Å². The number of nitrogens with one attached hydrogen (secondary N) is 5. The van der Waals surface area contributed by atoms with Crippen molar-refractivity contribution in [2.24, 2.45) is 20.0 Å². The number of rotatable bonds is 18. The lowest BCUT2D eigenvalue weighted by molar-refractivity contribution is -0.638. The van der Waals surface area contributed by atoms with Crippen LogP contribution in [0.2, 0.25) is 0 Å². The summed E-state index contributed by atoms with van der Waals surface area (Å²) in [5, 5.41) is 15.8. The second-order valence-corrected chi connectivity index (χ2v) is 30.6. The number of hydrogen-bond acceptors (Lipinski definition) is 8. The van der Waals surface area contributed by atoms with Crippen molar-refractivity contribution >= 4 is 107 Å². The molecule has 7 aromatic rings. The first-order chi connectivity index (χ1) is 48.9. The Morgan fingerprint density at radius 1 is 0.567 bits per heavy atom. The molecular weight excluding hydrogens is 1320 g/mol. The molecule has 0 saturated carbocycles. The van der Waals surface area contributed by atoms with Gasteiger partial charge in [0.1, 0.15) is 29.3 Å². The van der Waals surface area contributed by atoms with E-state index in [9.17, 15) is 24.0 Å². The quantitative estimate of drug-likeness (QED) is 0.0103. The van der Waals surface area contributed by atoms with Crippen LogP contribution in [0.4, 0.5) is 0 Å². The van der Waals surface area contributed by atoms with Crippen molar-refractivity contribution in [2.75, 3.05) is 40.3 Å². The van der Waals surface area contributed by atoms with Crippen LogP contribution in [0.25, 0.3) is 31.1 Å². The van der Waals surface area contributed by atoms with Gasteiger partial charge < -0.3 is 9.32 Å². The first-order valence-corrected chi connectivity index (χ1v) is 37.4. The van der Waals surface area contributed by atoms with E-state index in [4.69, 9.17) is 14.4 Å². The molecule has 1 atom stereocenters. The Bertz CT molecular complexity index is 4560. The number of aliphatic imine (C=N–C) groups is 4. The molecule has 104 heavy (non-hydrogen) atoms. The minimum Gasteiger partial charge on any atom is -0.422 e. The fourth-order valence-corrected chi connectivity index (χ4v) is 13.0. The van der Waals surface area contributed by atoms with Crippen LogP contribution in [0, 0.1) is 0 Å². The van der Waals surface area contributed by atoms with Crippen molar-refractivity contribution in [3.8, 4) is 0 Å². The molecule has 0 saturated heterocycles. The average Bonchev–Trinajstić information content (AvgIpc) is 0.763. The second-order valence-electron chi connectivity index (χ2n) is 29.5. The highest BCUT2D eigenvalue weighted by molar-refractivity contribution is 7.24. The van der Waals surface area contributed by atoms with Crippen molar-refractivity contribution in [1.82, 2.24) is 26.2 Å². The predicted molar refractivity (Wildman–Crippen MR) is 437 cm³/mol. The summed E-state index contributed by atoms with van der Waals surface area (Å²) in [6.45, 7) is 52.5. The number of Topliss-reactive ketones (excluding diaryl/α,β-unsaturated/α-hetero) is 1. The SMILES string of the molecule is CC(C)=NC(NC(C)C)=[N+](C(C)C)C(C)(C)c1ccc2c(=O)c3ccccc3sc2c1.CC(C)=NC(NC(C)C)=[N+](C(C)C)C(C)c1ccc2c(c1)C(=O)c1ccccc1C2=O.CC(C)=NC(NC(C)C)=[N+](CC(=O)c1cc2ccccc2oc1=O)C(C)C.CCNC(N=C(C)C)=[NH+]CCCN(C)C. The summed E-state index contributed by atoms with van der Waals surface area (Å²) < 4.78 is 13.8. The van der Waals surface area contributed by atoms with E-state index in [1.807, 2.05) is 142 Å². The number of carbonyl (C=O) groups excluding carboxylic acids is 3. The van der Waals surface area contributed by atoms with Gasteiger partial charge in [0.05, 0.1) is 72.2 Å². The third-order valence-electron chi connectivity index (χ3n) is 16.4. The highest BCUT2D eigenvalue weighted by Crippen LogP contribution is 2.34. The maximum atomic E-state index is 13.2. The first-order valence-electron chi connectivity index (χ1n) is 36.5. The van der Waals surface area contributed by atoms with Gasteiger partial charge in [-0.25, -0.2) is 4.79 Å². The normalized spacial score (nSPS) is 13.2. The van der Waals surface area contributed by atoms with Crippen LogP contribution in [-0.2, 0) is 5.54 Å². The van der Waals surface area contributed by atoms with E-state index < -0.39 is 5.63 Å². The zero-order valence-electron chi connectivity index (χ0n) is 67.0. The number of para-hydroxylation sites is 1. The molecule has 0 spiro atoms. The molecule has 2 heterocycles. The Labute approximate surface area is 622 Å². The van der Waals surface area contributed by atoms with Crippen molar-refractivity contribution in [2.45, 2.75) is 220 Å². The van der Waals surface area contributed by atoms with E-state index >= 15 is 0 Å². The summed E-state index contributed by atoms with van der Waals surface area (Å²) in [6.07, 6.45) is 1.13. The van der Waals surface area contributed by atoms with Gasteiger partial charge in [-0.1, -0.05) is 86.7 Å². The maximum Gasteiger partial charge on any atom is 0.388 e. The average molecular weight is 1440 g/mol. The molecule has 0 aliphatic heterocycles. The fraction of sp³-hybridized carbons (Fsp3) is 0.464. The van der Waals surface area contributed by atoms with Crippen LogP contribution >= 0.6 is 11.3 Å². The van der Waals surface area contributed by atoms with E-state index in [0.29, 0.717) is 33.8 Å². The van der Waals surface area contributed by atoms with Crippen LogP contribution in [-0.4, -0.2) is 159 Å². The Kier molecular flexibility index (Phi) is 32.5. The van der Waals surface area contributed by atoms with E-state index in [-0.39, 0.29) is 82.7 Å². The molecule has 558 valence electrons. The van der Waals surface area contributed by atoms with Crippen molar-refractivity contribution in [3.63, 3.8) is 0 Å². The molecule has 1 aliphatic carbocycles. The molecule has 2 aromatic heterocycles. The molecule has 20 heteroatoms. The fourth-order valence-electron chi connectivity index (χ4n) is 11.9. The second kappa shape index (κ2) is 39.6. The van der Waals surface area contributed by atoms with Gasteiger partial charge in [0.15, 0.2) is 17.0 Å². The molecule has 1 aliphatic rings. The smallest absolute Gasteiger partial charge is 0.388 e. The number of nitrogens with zero attached hydrogens (tertiary/aromatic N) is 8. The van der Waals surface area contributed by atoms with Gasteiger partial charge in [-0.15, -0.1) is 11.3 Å². The number of hydrogen-bond donors (Lipinski definition) is 5. The first kappa shape index (κ1) is 85.4. The molecule has 5 aromatic carbocycles. The van der Waals surface area contributed by atoms with Gasteiger partial charge in [-0.3, -0.25) is 59.2 Å². The molecule has 5 N–H and O–H groups in total. The topological polar surface area (TPSA) is 222 Å². The summed E-state index contributed by atoms with van der Waals surface area (Å²) in [7, 11) is 4.17. The van der Waals surface area contributed by atoms with Crippen LogP contribution < -0.4 is 37.3 Å². The molecule has 0 amide bonds. The van der Waals surface area contributed by atoms with E-state index in [0.717, 1.165) is 103 Å². The van der Waals surface area contributed by atoms with Gasteiger partial charge >= 0.3 is 29.5 Å². The van der Waals surface area contributed by atoms with Crippen LogP contribution in [0.15, 0.2) is 149 Å². The molecule has 8 rings (SSSR count). The zero-order chi connectivity index (χ0) is 77.6. The highest BCUT2D eigenvalue weighted by atomic mass is 32.1. The zero-order valence-corrected chi connectivity index (χ0v) is 67.8. The van der Waals surface area contributed by atoms with Crippen LogP contribution in [0.3, 0.4) is 0 Å². The third kappa shape index (κ3) is 24.2. The van der Waals surface area contributed by atoms with E-state index in [2.05, 4.69) is 160 Å². The largest absolute Gasteiger partial charge is 0.422 e. The lowest BCUT2D eigenvalue weighted by Gasteiger charge is -2.32. The number of guanidine groups is 4. The number of carbonyl (C=O) groups is 3. The Morgan fingerprint density at radius 2 is 1.09 bits per heavy atom. The minimum atomic E-state index is -0.615. The Morgan fingerprint density at radius 3 is 1.64 bits per heavy atom. The van der Waals surface area contributed by atoms with Crippen LogP contribution in [0.5, 0.6) is 0 Å². The van der Waals surface area contributed by atoms with Gasteiger partial charge in [-0.2, -0.15) is 0 Å². The summed E-state index contributed by atoms with van der Waals surface area (Å²) in [4.78, 5) is 88.3. The third-order valence-corrected chi connectivity index (χ3v) is 17.6. The van der Waals surface area contributed by atoms with Crippen molar-refractivity contribution < 1.29 is 37.5 Å². The van der Waals surface area contributed by atoms with Crippen molar-refractivity contribution in [1.29, 1.82) is 0 Å². The van der Waals surface area contributed by atoms with Crippen molar-refractivity contribution in [3.05, 3.63) is 175 Å². The lowest BCUT2D eigenvalue weighted by atomic mass is 9.83. The molecule has 1 unspecified atom stereocenters. The van der Waals surface area contributed by atoms with Gasteiger partial charge in [0, 0.05) is 54.4 Å². The summed E-state index contributed by atoms with van der Waals surface area (Å²) >= 11 is 1.68. The van der Waals surface area contributed by atoms with Gasteiger partial charge in [0.25, 0.3) is 0 Å². The minimum absolute atomic E-state index is 0.0193. The van der Waals surface area contributed by atoms with Gasteiger partial charge in [-0.05, 0) is 246 Å². The monoisotopic (exact) mass is 1440 g/mol. The number of benzene rings is 5. The number of fused-ring (bicyclic) bond motifs is 5. The van der Waals surface area contributed by atoms with Gasteiger partial charge in [0.2, 0.25) is 5.78 Å². The molecule has 19 nitrogen and oxygen atoms in total. The standard InChI is InChI=1S/C26H31N3O2.C26H33N3OS.C21H27N3O3.C11H24N4/c1-15(2)27-26(28-16(3)4)29(17(5)6)18(7)19-12-13-22-23(14-19)25(31)21-11-9-8-10-20(21)24(22)30;1-16(2)27-25(28-17(3)4)29(18(5)6)26(7,8)19-13-14-21-23(15-19)31-22-12-10-9-11-20(22)24(21)30;1-13(2)22-21(23-14(3)4)24(15(5)6)12-18(25)17-11-16-9-7-8-10-19(16)27-20(17)26;1-6-12-11(14-10(2)3)13-8-7-9-15(4)5/h8-15,17-18H,1-7H3;9-16,18H,1-8H3;7-11,13,15H,12H2,1-6H3;6-9H2,1-5H3,(H,12,13)/p+4. The van der Waals surface area contributed by atoms with E-state index in [1.165, 1.54) is 0 Å².